The maximum Gasteiger partial charge on any atom is 0.471 e. The Balaban J connectivity index is 1.64. The highest BCUT2D eigenvalue weighted by Gasteiger charge is 2.53. The molecule has 0 atom stereocenters. The Hall–Kier alpha value is -2.86. The van der Waals surface area contributed by atoms with E-state index in [1.165, 1.54) is 12.1 Å². The number of aromatic nitrogens is 3. The van der Waals surface area contributed by atoms with Crippen LogP contribution < -0.4 is 20.3 Å². The van der Waals surface area contributed by atoms with Gasteiger partial charge < -0.3 is 25.2 Å². The van der Waals surface area contributed by atoms with Crippen LogP contribution in [0.1, 0.15) is 40.0 Å². The molecule has 1 fully saturated rings. The van der Waals surface area contributed by atoms with Gasteiger partial charge in [0.25, 0.3) is 5.91 Å². The third-order valence-electron chi connectivity index (χ3n) is 5.03. The van der Waals surface area contributed by atoms with E-state index in [-0.39, 0.29) is 34.7 Å². The van der Waals surface area contributed by atoms with Gasteiger partial charge in [-0.25, -0.2) is 18.9 Å². The van der Waals surface area contributed by atoms with E-state index in [2.05, 4.69) is 30.1 Å². The van der Waals surface area contributed by atoms with Gasteiger partial charge in [-0.15, -0.1) is 0 Å². The second-order valence-electron chi connectivity index (χ2n) is 8.84. The van der Waals surface area contributed by atoms with Crippen molar-refractivity contribution < 1.29 is 32.8 Å². The van der Waals surface area contributed by atoms with Crippen LogP contribution in [-0.4, -0.2) is 48.5 Å². The van der Waals surface area contributed by atoms with Crippen molar-refractivity contribution in [3.8, 4) is 5.75 Å². The van der Waals surface area contributed by atoms with E-state index in [0.717, 1.165) is 17.5 Å². The summed E-state index contributed by atoms with van der Waals surface area (Å²) in [5, 5.41) is 5.78. The van der Waals surface area contributed by atoms with Crippen molar-refractivity contribution in [2.75, 3.05) is 22.3 Å². The largest absolute Gasteiger partial charge is 0.474 e. The molecule has 1 spiro atoms. The van der Waals surface area contributed by atoms with Crippen molar-refractivity contribution >= 4 is 37.1 Å². The summed E-state index contributed by atoms with van der Waals surface area (Å²) in [5.41, 5.74) is -1.46. The number of phosphoric acid groups is 1. The molecule has 0 unspecified atom stereocenters. The van der Waals surface area contributed by atoms with Gasteiger partial charge in [0.05, 0.1) is 6.20 Å². The smallest absolute Gasteiger partial charge is 0.471 e. The predicted octanol–water partition coefficient (Wildman–Crippen LogP) is 2.68. The van der Waals surface area contributed by atoms with E-state index >= 15 is 0 Å². The van der Waals surface area contributed by atoms with Crippen LogP contribution in [0.25, 0.3) is 0 Å². The van der Waals surface area contributed by atoms with Gasteiger partial charge in [-0.2, -0.15) is 4.98 Å². The van der Waals surface area contributed by atoms with Gasteiger partial charge in [-0.1, -0.05) is 0 Å². The molecule has 2 aliphatic rings. The lowest BCUT2D eigenvalue weighted by Crippen LogP contribution is -2.60. The monoisotopic (exact) mass is 482 g/mol. The fraction of sp³-hybridized carbons (Fsp3) is 0.474. The molecule has 3 heterocycles. The number of carbonyl (C=O) groups is 1. The highest BCUT2D eigenvalue weighted by molar-refractivity contribution is 7.46. The zero-order chi connectivity index (χ0) is 24.0. The first-order valence-electron chi connectivity index (χ1n) is 10.2. The summed E-state index contributed by atoms with van der Waals surface area (Å²) in [7, 11) is -4.85. The minimum atomic E-state index is -4.85. The first-order chi connectivity index (χ1) is 15.4. The Labute approximate surface area is 188 Å². The average molecular weight is 482 g/mol. The molecule has 14 heteroatoms. The molecule has 33 heavy (non-hydrogen) atoms. The van der Waals surface area contributed by atoms with E-state index in [0.29, 0.717) is 12.8 Å². The van der Waals surface area contributed by atoms with Gasteiger partial charge in [-0.05, 0) is 52.2 Å². The normalized spacial score (nSPS) is 17.3. The van der Waals surface area contributed by atoms with Crippen molar-refractivity contribution in [1.82, 2.24) is 15.0 Å². The molecule has 1 aliphatic heterocycles. The summed E-state index contributed by atoms with van der Waals surface area (Å²) >= 11 is 0. The van der Waals surface area contributed by atoms with Gasteiger partial charge in [-0.3, -0.25) is 14.2 Å². The van der Waals surface area contributed by atoms with Crippen molar-refractivity contribution in [3.05, 3.63) is 24.1 Å². The number of ether oxygens (including phenoxy) is 1. The van der Waals surface area contributed by atoms with Crippen LogP contribution in [0.3, 0.4) is 0 Å². The quantitative estimate of drug-likeness (QED) is 0.448. The number of hydrogen-bond donors (Lipinski definition) is 4. The number of anilines is 4. The minimum absolute atomic E-state index is 0.0153. The molecule has 0 saturated heterocycles. The summed E-state index contributed by atoms with van der Waals surface area (Å²) in [6, 6.07) is 3.05. The van der Waals surface area contributed by atoms with Crippen LogP contribution >= 0.6 is 7.82 Å². The molecule has 12 nitrogen and oxygen atoms in total. The Kier molecular flexibility index (Phi) is 5.77. The SMILES string of the molecule is CC(C)(C)Nc1ncc(F)c(Nc2ccc3c(n2)N(COP(=O)(O)O)C(=O)C2(CCC2)O3)n1. The Morgan fingerprint density at radius 3 is 2.64 bits per heavy atom. The van der Waals surface area contributed by atoms with E-state index < -0.39 is 31.9 Å². The maximum atomic E-state index is 14.3. The molecular formula is C19H24FN6O6P. The molecule has 2 aromatic rings. The zero-order valence-electron chi connectivity index (χ0n) is 18.2. The number of carbonyl (C=O) groups excluding carboxylic acids is 1. The fourth-order valence-corrected chi connectivity index (χ4v) is 3.68. The molecule has 1 aliphatic carbocycles. The summed E-state index contributed by atoms with van der Waals surface area (Å²) in [6.07, 6.45) is 2.72. The predicted molar refractivity (Wildman–Crippen MR) is 116 cm³/mol. The van der Waals surface area contributed by atoms with Crippen molar-refractivity contribution in [2.45, 2.75) is 51.2 Å². The van der Waals surface area contributed by atoms with Gasteiger partial charge >= 0.3 is 7.82 Å². The number of nitrogens with zero attached hydrogens (tertiary/aromatic N) is 4. The summed E-state index contributed by atoms with van der Waals surface area (Å²) in [4.78, 5) is 44.6. The van der Waals surface area contributed by atoms with E-state index in [1.807, 2.05) is 20.8 Å². The molecule has 0 aromatic carbocycles. The molecule has 2 aromatic heterocycles. The van der Waals surface area contributed by atoms with Crippen LogP contribution in [0.2, 0.25) is 0 Å². The lowest BCUT2D eigenvalue weighted by Gasteiger charge is -2.46. The van der Waals surface area contributed by atoms with Gasteiger partial charge in [0.15, 0.2) is 28.8 Å². The third kappa shape index (κ3) is 5.06. The molecule has 0 radical (unpaired) electrons. The van der Waals surface area contributed by atoms with Gasteiger partial charge in [0.2, 0.25) is 5.95 Å². The van der Waals surface area contributed by atoms with Crippen molar-refractivity contribution in [3.63, 3.8) is 0 Å². The summed E-state index contributed by atoms with van der Waals surface area (Å²) < 4.78 is 36.0. The lowest BCUT2D eigenvalue weighted by molar-refractivity contribution is -0.144. The number of hydrogen-bond acceptors (Lipinski definition) is 9. The van der Waals surface area contributed by atoms with Gasteiger partial charge in [0, 0.05) is 5.54 Å². The molecule has 4 N–H and O–H groups in total. The Bertz CT molecular complexity index is 1130. The molecule has 1 amide bonds. The lowest BCUT2D eigenvalue weighted by atomic mass is 9.78. The Morgan fingerprint density at radius 1 is 1.30 bits per heavy atom. The number of rotatable bonds is 6. The second-order valence-corrected chi connectivity index (χ2v) is 10.1. The number of nitrogens with one attached hydrogen (secondary N) is 2. The van der Waals surface area contributed by atoms with E-state index in [4.69, 9.17) is 14.5 Å². The maximum absolute atomic E-state index is 14.3. The molecule has 4 rings (SSSR count). The molecule has 0 bridgehead atoms. The van der Waals surface area contributed by atoms with Crippen LogP contribution in [0.15, 0.2) is 18.3 Å². The molecular weight excluding hydrogens is 458 g/mol. The van der Waals surface area contributed by atoms with Crippen molar-refractivity contribution in [1.29, 1.82) is 0 Å². The topological polar surface area (TPSA) is 159 Å². The first-order valence-corrected chi connectivity index (χ1v) is 11.7. The van der Waals surface area contributed by atoms with Gasteiger partial charge in [0.1, 0.15) is 12.5 Å². The summed E-state index contributed by atoms with van der Waals surface area (Å²) in [5.74, 6) is -0.839. The highest BCUT2D eigenvalue weighted by atomic mass is 31.2. The van der Waals surface area contributed by atoms with Crippen LogP contribution in [0, 0.1) is 5.82 Å². The number of fused-ring (bicyclic) bond motifs is 1. The van der Waals surface area contributed by atoms with E-state index in [1.54, 1.807) is 0 Å². The van der Waals surface area contributed by atoms with Crippen molar-refractivity contribution in [2.24, 2.45) is 0 Å². The Morgan fingerprint density at radius 2 is 2.03 bits per heavy atom. The number of pyridine rings is 1. The third-order valence-corrected chi connectivity index (χ3v) is 5.48. The summed E-state index contributed by atoms with van der Waals surface area (Å²) in [6.45, 7) is 4.98. The van der Waals surface area contributed by atoms with Crippen LogP contribution in [-0.2, 0) is 13.9 Å². The number of phosphoric ester groups is 1. The van der Waals surface area contributed by atoms with Crippen LogP contribution in [0.4, 0.5) is 27.8 Å². The second kappa shape index (κ2) is 8.17. The molecule has 1 saturated carbocycles. The first kappa shape index (κ1) is 23.3. The fourth-order valence-electron chi connectivity index (χ4n) is 3.41. The molecule has 178 valence electrons. The zero-order valence-corrected chi connectivity index (χ0v) is 19.1. The number of amides is 1. The number of halogens is 1. The highest BCUT2D eigenvalue weighted by Crippen LogP contribution is 2.47. The standard InChI is InChI=1S/C19H24FN6O6P/c1-18(2,3)25-17-21-9-11(20)14(24-17)22-13-6-5-12-15(23-13)26(10-31-33(28,29)30)16(27)19(32-12)7-4-8-19/h5-6,9H,4,7-8,10H2,1-3H3,(H2,28,29,30)(H2,21,22,23,24,25). The minimum Gasteiger partial charge on any atom is -0.474 e. The van der Waals surface area contributed by atoms with E-state index in [9.17, 15) is 13.8 Å². The average Bonchev–Trinajstić information content (AvgIpc) is 2.66. The van der Waals surface area contributed by atoms with Crippen LogP contribution in [0.5, 0.6) is 5.75 Å².